The van der Waals surface area contributed by atoms with Crippen molar-refractivity contribution in [2.75, 3.05) is 25.0 Å². The molecular weight excluding hydrogens is 224 g/mol. The first kappa shape index (κ1) is 12.0. The monoisotopic (exact) mass is 246 g/mol. The minimum absolute atomic E-state index is 0.142. The molecule has 3 heteroatoms. The zero-order chi connectivity index (χ0) is 12.6. The molecule has 0 amide bonds. The summed E-state index contributed by atoms with van der Waals surface area (Å²) in [6, 6.07) is 9.19. The second-order valence-electron chi connectivity index (χ2n) is 5.88. The van der Waals surface area contributed by atoms with E-state index in [1.165, 1.54) is 18.4 Å². The lowest BCUT2D eigenvalue weighted by Crippen LogP contribution is -2.45. The van der Waals surface area contributed by atoms with E-state index in [1.54, 1.807) is 0 Å². The summed E-state index contributed by atoms with van der Waals surface area (Å²) in [5, 5.41) is 13.3. The largest absolute Gasteiger partial charge is 0.394 e. The molecule has 1 unspecified atom stereocenters. The number of anilines is 1. The molecule has 0 aromatic heterocycles. The van der Waals surface area contributed by atoms with Gasteiger partial charge in [-0.3, -0.25) is 4.90 Å². The zero-order valence-corrected chi connectivity index (χ0v) is 11.0. The van der Waals surface area contributed by atoms with E-state index in [9.17, 15) is 5.11 Å². The molecule has 1 saturated heterocycles. The summed E-state index contributed by atoms with van der Waals surface area (Å²) in [7, 11) is 0. The van der Waals surface area contributed by atoms with Crippen molar-refractivity contribution >= 4 is 5.69 Å². The van der Waals surface area contributed by atoms with Gasteiger partial charge in [0.2, 0.25) is 0 Å². The van der Waals surface area contributed by atoms with Crippen LogP contribution in [0, 0.1) is 6.92 Å². The first-order valence-electron chi connectivity index (χ1n) is 6.91. The standard InChI is InChI=1S/C15H22N2O/c1-12-3-2-4-13(9-12)16-15(11-18)7-8-17(10-15)14-5-6-14/h2-4,9,14,16,18H,5-8,10-11H2,1H3. The topological polar surface area (TPSA) is 35.5 Å². The van der Waals surface area contributed by atoms with Gasteiger partial charge in [-0.2, -0.15) is 0 Å². The van der Waals surface area contributed by atoms with Crippen molar-refractivity contribution in [3.8, 4) is 0 Å². The number of nitrogens with one attached hydrogen (secondary N) is 1. The fourth-order valence-electron chi connectivity index (χ4n) is 2.96. The minimum Gasteiger partial charge on any atom is -0.394 e. The lowest BCUT2D eigenvalue weighted by atomic mass is 9.99. The van der Waals surface area contributed by atoms with E-state index in [1.807, 2.05) is 0 Å². The second kappa shape index (κ2) is 4.56. The summed E-state index contributed by atoms with van der Waals surface area (Å²) in [6.07, 6.45) is 3.71. The van der Waals surface area contributed by atoms with E-state index < -0.39 is 0 Å². The third-order valence-electron chi connectivity index (χ3n) is 4.18. The molecule has 3 rings (SSSR count). The van der Waals surface area contributed by atoms with Gasteiger partial charge in [0.1, 0.15) is 0 Å². The van der Waals surface area contributed by atoms with Crippen LogP contribution >= 0.6 is 0 Å². The number of nitrogens with zero attached hydrogens (tertiary/aromatic N) is 1. The predicted octanol–water partition coefficient (Wildman–Crippen LogP) is 2.01. The summed E-state index contributed by atoms with van der Waals surface area (Å²) < 4.78 is 0. The Morgan fingerprint density at radius 2 is 2.28 bits per heavy atom. The number of aliphatic hydroxyl groups excluding tert-OH is 1. The molecule has 3 nitrogen and oxygen atoms in total. The van der Waals surface area contributed by atoms with Gasteiger partial charge in [-0.25, -0.2) is 0 Å². The smallest absolute Gasteiger partial charge is 0.0742 e. The number of benzene rings is 1. The Balaban J connectivity index is 1.72. The van der Waals surface area contributed by atoms with E-state index in [-0.39, 0.29) is 12.1 Å². The molecule has 1 aromatic carbocycles. The first-order valence-corrected chi connectivity index (χ1v) is 6.91. The summed E-state index contributed by atoms with van der Waals surface area (Å²) in [5.74, 6) is 0. The molecule has 1 saturated carbocycles. The molecule has 98 valence electrons. The highest BCUT2D eigenvalue weighted by molar-refractivity contribution is 5.48. The molecule has 1 aliphatic carbocycles. The molecule has 2 N–H and O–H groups in total. The molecule has 1 atom stereocenters. The minimum atomic E-state index is -0.142. The zero-order valence-electron chi connectivity index (χ0n) is 11.0. The van der Waals surface area contributed by atoms with Crippen LogP contribution in [-0.4, -0.2) is 41.3 Å². The van der Waals surface area contributed by atoms with Crippen LogP contribution in [0.4, 0.5) is 5.69 Å². The third-order valence-corrected chi connectivity index (χ3v) is 4.18. The number of rotatable bonds is 4. The Kier molecular flexibility index (Phi) is 3.04. The van der Waals surface area contributed by atoms with Crippen LogP contribution < -0.4 is 5.32 Å². The normalized spacial score (nSPS) is 28.6. The molecule has 18 heavy (non-hydrogen) atoms. The number of hydrogen-bond donors (Lipinski definition) is 2. The number of aryl methyl sites for hydroxylation is 1. The van der Waals surface area contributed by atoms with Crippen molar-refractivity contribution in [3.05, 3.63) is 29.8 Å². The van der Waals surface area contributed by atoms with Crippen LogP contribution in [0.2, 0.25) is 0 Å². The van der Waals surface area contributed by atoms with Crippen molar-refractivity contribution in [3.63, 3.8) is 0 Å². The van der Waals surface area contributed by atoms with Crippen LogP contribution in [0.1, 0.15) is 24.8 Å². The van der Waals surface area contributed by atoms with Gasteiger partial charge >= 0.3 is 0 Å². The molecule has 1 aromatic rings. The van der Waals surface area contributed by atoms with Crippen molar-refractivity contribution in [1.29, 1.82) is 0 Å². The van der Waals surface area contributed by atoms with Crippen LogP contribution in [0.25, 0.3) is 0 Å². The summed E-state index contributed by atoms with van der Waals surface area (Å²) in [5.41, 5.74) is 2.24. The van der Waals surface area contributed by atoms with Gasteiger partial charge in [-0.05, 0) is 43.9 Å². The van der Waals surface area contributed by atoms with Crippen LogP contribution in [0.15, 0.2) is 24.3 Å². The van der Waals surface area contributed by atoms with E-state index >= 15 is 0 Å². The lowest BCUT2D eigenvalue weighted by molar-refractivity contribution is 0.205. The Morgan fingerprint density at radius 1 is 1.44 bits per heavy atom. The van der Waals surface area contributed by atoms with E-state index in [0.29, 0.717) is 0 Å². The van der Waals surface area contributed by atoms with Gasteiger partial charge in [0.25, 0.3) is 0 Å². The van der Waals surface area contributed by atoms with Gasteiger partial charge in [-0.1, -0.05) is 12.1 Å². The SMILES string of the molecule is Cc1cccc(NC2(CO)CCN(C3CC3)C2)c1. The maximum absolute atomic E-state index is 9.78. The van der Waals surface area contributed by atoms with E-state index in [2.05, 4.69) is 41.4 Å². The van der Waals surface area contributed by atoms with Crippen LogP contribution in [0.3, 0.4) is 0 Å². The number of hydrogen-bond acceptors (Lipinski definition) is 3. The van der Waals surface area contributed by atoms with E-state index in [0.717, 1.165) is 31.2 Å². The Hall–Kier alpha value is -1.06. The average Bonchev–Trinajstić information content (AvgIpc) is 3.12. The van der Waals surface area contributed by atoms with Crippen LogP contribution in [0.5, 0.6) is 0 Å². The van der Waals surface area contributed by atoms with Crippen molar-refractivity contribution in [2.24, 2.45) is 0 Å². The molecule has 1 heterocycles. The number of aliphatic hydroxyl groups is 1. The van der Waals surface area contributed by atoms with Gasteiger partial charge in [-0.15, -0.1) is 0 Å². The second-order valence-corrected chi connectivity index (χ2v) is 5.88. The molecular formula is C15H22N2O. The first-order chi connectivity index (χ1) is 8.71. The van der Waals surface area contributed by atoms with Gasteiger partial charge in [0, 0.05) is 24.8 Å². The lowest BCUT2D eigenvalue weighted by Gasteiger charge is -2.30. The molecule has 2 fully saturated rings. The van der Waals surface area contributed by atoms with E-state index in [4.69, 9.17) is 0 Å². The van der Waals surface area contributed by atoms with Gasteiger partial charge < -0.3 is 10.4 Å². The maximum Gasteiger partial charge on any atom is 0.0742 e. The maximum atomic E-state index is 9.78. The summed E-state index contributed by atoms with van der Waals surface area (Å²) in [4.78, 5) is 2.53. The highest BCUT2D eigenvalue weighted by Crippen LogP contribution is 2.34. The van der Waals surface area contributed by atoms with Crippen molar-refractivity contribution in [1.82, 2.24) is 4.90 Å². The molecule has 0 bridgehead atoms. The average molecular weight is 246 g/mol. The predicted molar refractivity (Wildman–Crippen MR) is 73.8 cm³/mol. The van der Waals surface area contributed by atoms with Crippen molar-refractivity contribution < 1.29 is 5.11 Å². The summed E-state index contributed by atoms with van der Waals surface area (Å²) >= 11 is 0. The quantitative estimate of drug-likeness (QED) is 0.853. The van der Waals surface area contributed by atoms with Gasteiger partial charge in [0.05, 0.1) is 12.1 Å². The third kappa shape index (κ3) is 2.38. The molecule has 0 radical (unpaired) electrons. The fraction of sp³-hybridized carbons (Fsp3) is 0.600. The molecule has 1 aliphatic heterocycles. The Labute approximate surface area is 109 Å². The van der Waals surface area contributed by atoms with Crippen LogP contribution in [-0.2, 0) is 0 Å². The Bertz CT molecular complexity index is 430. The van der Waals surface area contributed by atoms with Crippen molar-refractivity contribution in [2.45, 2.75) is 37.8 Å². The highest BCUT2D eigenvalue weighted by Gasteiger charge is 2.42. The Morgan fingerprint density at radius 3 is 2.94 bits per heavy atom. The number of likely N-dealkylation sites (tertiary alicyclic amines) is 1. The van der Waals surface area contributed by atoms with Gasteiger partial charge in [0.15, 0.2) is 0 Å². The molecule has 2 aliphatic rings. The highest BCUT2D eigenvalue weighted by atomic mass is 16.3. The molecule has 0 spiro atoms. The summed E-state index contributed by atoms with van der Waals surface area (Å²) in [6.45, 7) is 4.40. The fourth-order valence-corrected chi connectivity index (χ4v) is 2.96.